The van der Waals surface area contributed by atoms with Crippen LogP contribution in [0.2, 0.25) is 0 Å². The largest absolute Gasteiger partial charge is 0.468 e. The van der Waals surface area contributed by atoms with Crippen LogP contribution in [0.25, 0.3) is 0 Å². The fraction of sp³-hybridized carbons (Fsp3) is 0.400. The summed E-state index contributed by atoms with van der Waals surface area (Å²) < 4.78 is 40.0. The van der Waals surface area contributed by atoms with E-state index in [4.69, 9.17) is 0 Å². The first-order valence-electron chi connectivity index (χ1n) is 5.01. The number of hydrogen-bond donors (Lipinski definition) is 2. The summed E-state index contributed by atoms with van der Waals surface area (Å²) in [4.78, 5) is 14.8. The lowest BCUT2D eigenvalue weighted by atomic mass is 10.4. The minimum atomic E-state index is -4.40. The third-order valence-electron chi connectivity index (χ3n) is 1.74. The second-order valence-electron chi connectivity index (χ2n) is 3.37. The summed E-state index contributed by atoms with van der Waals surface area (Å²) in [7, 11) is 1.62. The van der Waals surface area contributed by atoms with Gasteiger partial charge in [-0.3, -0.25) is 4.79 Å². The molecule has 0 fully saturated rings. The average Bonchev–Trinajstić information content (AvgIpc) is 2.27. The number of carbonyl (C=O) groups excluding carboxylic acids is 1. The molecule has 2 N–H and O–H groups in total. The van der Waals surface area contributed by atoms with Gasteiger partial charge >= 0.3 is 6.18 Å². The van der Waals surface area contributed by atoms with E-state index in [1.165, 1.54) is 18.3 Å². The van der Waals surface area contributed by atoms with Crippen molar-refractivity contribution in [2.75, 3.05) is 25.5 Å². The molecule has 0 atom stereocenters. The fourth-order valence-corrected chi connectivity index (χ4v) is 1.06. The van der Waals surface area contributed by atoms with Gasteiger partial charge in [-0.1, -0.05) is 0 Å². The number of nitrogens with one attached hydrogen (secondary N) is 2. The highest BCUT2D eigenvalue weighted by molar-refractivity contribution is 5.92. The highest BCUT2D eigenvalue weighted by Crippen LogP contribution is 2.17. The van der Waals surface area contributed by atoms with Crippen LogP contribution in [0.4, 0.5) is 18.9 Å². The maximum Gasteiger partial charge on any atom is 0.422 e. The molecule has 0 radical (unpaired) electrons. The summed E-state index contributed by atoms with van der Waals surface area (Å²) in [5.74, 6) is -0.429. The Morgan fingerprint density at radius 1 is 1.44 bits per heavy atom. The van der Waals surface area contributed by atoms with E-state index in [0.717, 1.165) is 0 Å². The number of hydrogen-bond acceptors (Lipinski definition) is 4. The molecule has 1 rings (SSSR count). The van der Waals surface area contributed by atoms with E-state index >= 15 is 0 Å². The van der Waals surface area contributed by atoms with E-state index in [1.807, 2.05) is 0 Å². The van der Waals surface area contributed by atoms with Gasteiger partial charge in [0.15, 0.2) is 6.61 Å². The SMILES string of the molecule is CNCC(=O)Nc1ccc(OCC(F)(F)F)nc1. The highest BCUT2D eigenvalue weighted by atomic mass is 19.4. The Balaban J connectivity index is 2.50. The van der Waals surface area contributed by atoms with E-state index in [0.29, 0.717) is 5.69 Å². The first kappa shape index (κ1) is 14.2. The smallest absolute Gasteiger partial charge is 0.422 e. The van der Waals surface area contributed by atoms with Crippen molar-refractivity contribution in [1.82, 2.24) is 10.3 Å². The Kier molecular flexibility index (Phi) is 4.90. The lowest BCUT2D eigenvalue weighted by Gasteiger charge is -2.09. The summed E-state index contributed by atoms with van der Waals surface area (Å²) in [6.07, 6.45) is -3.18. The van der Waals surface area contributed by atoms with Crippen molar-refractivity contribution in [3.8, 4) is 5.88 Å². The molecule has 0 aliphatic rings. The summed E-state index contributed by atoms with van der Waals surface area (Å²) in [6.45, 7) is -1.27. The predicted octanol–water partition coefficient (Wildman–Crippen LogP) is 1.18. The second-order valence-corrected chi connectivity index (χ2v) is 3.37. The van der Waals surface area contributed by atoms with Gasteiger partial charge in [0.1, 0.15) is 0 Å². The normalized spacial score (nSPS) is 11.1. The van der Waals surface area contributed by atoms with E-state index in [2.05, 4.69) is 20.4 Å². The van der Waals surface area contributed by atoms with Gasteiger partial charge in [-0.15, -0.1) is 0 Å². The summed E-state index contributed by atoms with van der Waals surface area (Å²) in [5.41, 5.74) is 0.384. The van der Waals surface area contributed by atoms with Gasteiger partial charge in [0.2, 0.25) is 11.8 Å². The molecule has 0 saturated heterocycles. The van der Waals surface area contributed by atoms with Gasteiger partial charge in [0, 0.05) is 6.07 Å². The minimum absolute atomic E-state index is 0.131. The number of carbonyl (C=O) groups is 1. The number of pyridine rings is 1. The molecule has 1 aromatic rings. The lowest BCUT2D eigenvalue weighted by Crippen LogP contribution is -2.25. The number of ether oxygens (including phenoxy) is 1. The molecule has 0 unspecified atom stereocenters. The standard InChI is InChI=1S/C10H12F3N3O2/c1-14-5-8(17)16-7-2-3-9(15-4-7)18-6-10(11,12)13/h2-4,14H,5-6H2,1H3,(H,16,17). The van der Waals surface area contributed by atoms with Crippen LogP contribution in [0.5, 0.6) is 5.88 Å². The number of anilines is 1. The maximum atomic E-state index is 11.9. The maximum absolute atomic E-state index is 11.9. The van der Waals surface area contributed by atoms with Crippen LogP contribution in [0.3, 0.4) is 0 Å². The first-order valence-corrected chi connectivity index (χ1v) is 5.01. The van der Waals surface area contributed by atoms with Crippen molar-refractivity contribution in [3.05, 3.63) is 18.3 Å². The summed E-state index contributed by atoms with van der Waals surface area (Å²) >= 11 is 0. The number of aromatic nitrogens is 1. The summed E-state index contributed by atoms with van der Waals surface area (Å²) in [5, 5.41) is 5.15. The van der Waals surface area contributed by atoms with Crippen LogP contribution < -0.4 is 15.4 Å². The summed E-state index contributed by atoms with van der Waals surface area (Å²) in [6, 6.07) is 2.66. The van der Waals surface area contributed by atoms with Crippen LogP contribution in [0.1, 0.15) is 0 Å². The van der Waals surface area contributed by atoms with Crippen molar-refractivity contribution in [3.63, 3.8) is 0 Å². The quantitative estimate of drug-likeness (QED) is 0.837. The zero-order chi connectivity index (χ0) is 13.6. The van der Waals surface area contributed by atoms with Gasteiger partial charge < -0.3 is 15.4 Å². The molecule has 100 valence electrons. The molecule has 1 heterocycles. The first-order chi connectivity index (χ1) is 8.40. The van der Waals surface area contributed by atoms with Crippen molar-refractivity contribution >= 4 is 11.6 Å². The molecule has 8 heteroatoms. The third-order valence-corrected chi connectivity index (χ3v) is 1.74. The molecule has 18 heavy (non-hydrogen) atoms. The zero-order valence-corrected chi connectivity index (χ0v) is 9.54. The molecule has 5 nitrogen and oxygen atoms in total. The number of nitrogens with zero attached hydrogens (tertiary/aromatic N) is 1. The molecular formula is C10H12F3N3O2. The molecule has 1 aromatic heterocycles. The number of amides is 1. The highest BCUT2D eigenvalue weighted by Gasteiger charge is 2.28. The molecule has 0 saturated carbocycles. The van der Waals surface area contributed by atoms with Gasteiger partial charge in [0.25, 0.3) is 0 Å². The van der Waals surface area contributed by atoms with Crippen LogP contribution in [-0.4, -0.2) is 37.3 Å². The van der Waals surface area contributed by atoms with Gasteiger partial charge in [-0.2, -0.15) is 13.2 Å². The van der Waals surface area contributed by atoms with Crippen LogP contribution >= 0.6 is 0 Å². The molecule has 1 amide bonds. The number of halogens is 3. The minimum Gasteiger partial charge on any atom is -0.468 e. The molecular weight excluding hydrogens is 251 g/mol. The van der Waals surface area contributed by atoms with Crippen molar-refractivity contribution in [2.24, 2.45) is 0 Å². The van der Waals surface area contributed by atoms with Crippen molar-refractivity contribution in [1.29, 1.82) is 0 Å². The van der Waals surface area contributed by atoms with Crippen LogP contribution in [0.15, 0.2) is 18.3 Å². The fourth-order valence-electron chi connectivity index (χ4n) is 1.06. The van der Waals surface area contributed by atoms with Crippen LogP contribution in [-0.2, 0) is 4.79 Å². The van der Waals surface area contributed by atoms with Gasteiger partial charge in [-0.05, 0) is 13.1 Å². The second kappa shape index (κ2) is 6.20. The monoisotopic (exact) mass is 263 g/mol. The van der Waals surface area contributed by atoms with Gasteiger partial charge in [-0.25, -0.2) is 4.98 Å². The Labute approximate surface area is 101 Å². The third kappa shape index (κ3) is 5.48. The molecule has 0 aliphatic carbocycles. The Morgan fingerprint density at radius 3 is 2.67 bits per heavy atom. The van der Waals surface area contributed by atoms with E-state index in [1.54, 1.807) is 7.05 Å². The van der Waals surface area contributed by atoms with Crippen molar-refractivity contribution < 1.29 is 22.7 Å². The molecule has 0 aliphatic heterocycles. The Morgan fingerprint density at radius 2 is 2.17 bits per heavy atom. The number of likely N-dealkylation sites (N-methyl/N-ethyl adjacent to an activating group) is 1. The zero-order valence-electron chi connectivity index (χ0n) is 9.54. The lowest BCUT2D eigenvalue weighted by molar-refractivity contribution is -0.154. The molecule has 0 spiro atoms. The average molecular weight is 263 g/mol. The predicted molar refractivity (Wildman–Crippen MR) is 58.3 cm³/mol. The molecule has 0 bridgehead atoms. The van der Waals surface area contributed by atoms with E-state index < -0.39 is 12.8 Å². The van der Waals surface area contributed by atoms with Gasteiger partial charge in [0.05, 0.1) is 18.4 Å². The topological polar surface area (TPSA) is 63.2 Å². The van der Waals surface area contributed by atoms with E-state index in [-0.39, 0.29) is 18.3 Å². The van der Waals surface area contributed by atoms with E-state index in [9.17, 15) is 18.0 Å². The Bertz CT molecular complexity index is 392. The number of alkyl halides is 3. The van der Waals surface area contributed by atoms with Crippen molar-refractivity contribution in [2.45, 2.75) is 6.18 Å². The number of rotatable bonds is 5. The Hall–Kier alpha value is -1.83. The molecule has 0 aromatic carbocycles. The van der Waals surface area contributed by atoms with Crippen LogP contribution in [0, 0.1) is 0 Å².